The molecule has 0 heterocycles. The van der Waals surface area contributed by atoms with Crippen LogP contribution >= 0.6 is 0 Å². The van der Waals surface area contributed by atoms with Crippen LogP contribution in [-0.4, -0.2) is 16.7 Å². The highest BCUT2D eigenvalue weighted by atomic mass is 19.4. The van der Waals surface area contributed by atoms with Gasteiger partial charge in [0.15, 0.2) is 0 Å². The number of nitro benzene ring substituents is 1. The first kappa shape index (κ1) is 23.2. The van der Waals surface area contributed by atoms with Crippen molar-refractivity contribution in [2.24, 2.45) is 0 Å². The number of anilines is 2. The minimum atomic E-state index is -4.54. The molecule has 0 aromatic heterocycles. The lowest BCUT2D eigenvalue weighted by atomic mass is 10.1. The smallest absolute Gasteiger partial charge is 0.322 e. The maximum atomic E-state index is 12.8. The zero-order valence-electron chi connectivity index (χ0n) is 16.8. The van der Waals surface area contributed by atoms with E-state index in [2.05, 4.69) is 10.6 Å². The van der Waals surface area contributed by atoms with Crippen molar-refractivity contribution in [3.8, 4) is 0 Å². The molecule has 0 aliphatic heterocycles. The van der Waals surface area contributed by atoms with E-state index in [0.717, 1.165) is 12.1 Å². The average molecular weight is 455 g/mol. The van der Waals surface area contributed by atoms with Gasteiger partial charge in [-0.2, -0.15) is 13.2 Å². The maximum Gasteiger partial charge on any atom is 0.416 e. The van der Waals surface area contributed by atoms with Crippen molar-refractivity contribution >= 4 is 35.0 Å². The van der Waals surface area contributed by atoms with Gasteiger partial charge in [-0.1, -0.05) is 24.3 Å². The minimum Gasteiger partial charge on any atom is -0.322 e. The van der Waals surface area contributed by atoms with Crippen molar-refractivity contribution in [2.45, 2.75) is 6.18 Å². The number of alkyl halides is 3. The highest BCUT2D eigenvalue weighted by Crippen LogP contribution is 2.30. The van der Waals surface area contributed by atoms with Crippen molar-refractivity contribution < 1.29 is 27.7 Å². The first-order chi connectivity index (χ1) is 15.6. The monoisotopic (exact) mass is 455 g/mol. The quantitative estimate of drug-likeness (QED) is 0.290. The summed E-state index contributed by atoms with van der Waals surface area (Å²) in [5.74, 6) is -1.20. The topological polar surface area (TPSA) is 101 Å². The molecule has 0 saturated carbocycles. The zero-order chi connectivity index (χ0) is 24.0. The lowest BCUT2D eigenvalue weighted by Gasteiger charge is -2.10. The Hall–Kier alpha value is -4.47. The van der Waals surface area contributed by atoms with Crippen molar-refractivity contribution in [3.63, 3.8) is 0 Å². The van der Waals surface area contributed by atoms with Gasteiger partial charge in [-0.05, 0) is 48.0 Å². The molecule has 3 aromatic carbocycles. The number of benzene rings is 3. The Balaban J connectivity index is 1.67. The molecule has 7 nitrogen and oxygen atoms in total. The third-order valence-corrected chi connectivity index (χ3v) is 4.35. The van der Waals surface area contributed by atoms with Gasteiger partial charge in [0.05, 0.1) is 10.5 Å². The van der Waals surface area contributed by atoms with Gasteiger partial charge >= 0.3 is 6.18 Å². The van der Waals surface area contributed by atoms with Gasteiger partial charge in [0.25, 0.3) is 11.6 Å². The second-order valence-corrected chi connectivity index (χ2v) is 6.79. The Labute approximate surface area is 185 Å². The molecule has 3 aromatic rings. The molecule has 0 fully saturated rings. The lowest BCUT2D eigenvalue weighted by molar-refractivity contribution is -0.384. The molecule has 0 bridgehead atoms. The minimum absolute atomic E-state index is 0.0239. The Morgan fingerprint density at radius 2 is 1.55 bits per heavy atom. The standard InChI is InChI=1S/C23H16F3N3O4/c24-23(25,26)17-6-3-8-19(14-17)28-22(31)16-5-2-7-18(13-16)27-21(30)11-10-15-4-1-9-20(12-15)29(32)33/h1-14H,(H,27,30)(H,28,31)/b11-10+. The molecule has 0 spiro atoms. The molecule has 168 valence electrons. The molecule has 2 N–H and O–H groups in total. The molecule has 0 aliphatic rings. The van der Waals surface area contributed by atoms with Crippen LogP contribution in [0.25, 0.3) is 6.08 Å². The molecular formula is C23H16F3N3O4. The largest absolute Gasteiger partial charge is 0.416 e. The molecule has 2 amide bonds. The number of hydrogen-bond acceptors (Lipinski definition) is 4. The SMILES string of the molecule is O=C(/C=C/c1cccc([N+](=O)[O-])c1)Nc1cccc(C(=O)Nc2cccc(C(F)(F)F)c2)c1. The number of non-ortho nitro benzene ring substituents is 1. The van der Waals surface area contributed by atoms with E-state index in [9.17, 15) is 32.9 Å². The van der Waals surface area contributed by atoms with Crippen LogP contribution in [0.3, 0.4) is 0 Å². The lowest BCUT2D eigenvalue weighted by Crippen LogP contribution is -2.14. The van der Waals surface area contributed by atoms with Crippen LogP contribution < -0.4 is 10.6 Å². The fourth-order valence-corrected chi connectivity index (χ4v) is 2.81. The van der Waals surface area contributed by atoms with Crippen molar-refractivity contribution in [1.82, 2.24) is 0 Å². The summed E-state index contributed by atoms with van der Waals surface area (Å²) >= 11 is 0. The van der Waals surface area contributed by atoms with E-state index in [4.69, 9.17) is 0 Å². The van der Waals surface area contributed by atoms with E-state index in [0.29, 0.717) is 5.56 Å². The fraction of sp³-hybridized carbons (Fsp3) is 0.0435. The van der Waals surface area contributed by atoms with Crippen LogP contribution in [0, 0.1) is 10.1 Å². The highest BCUT2D eigenvalue weighted by Gasteiger charge is 2.30. The molecular weight excluding hydrogens is 439 g/mol. The van der Waals surface area contributed by atoms with E-state index in [1.165, 1.54) is 66.7 Å². The average Bonchev–Trinajstić information content (AvgIpc) is 2.77. The fourth-order valence-electron chi connectivity index (χ4n) is 2.81. The first-order valence-corrected chi connectivity index (χ1v) is 9.44. The predicted octanol–water partition coefficient (Wildman–Crippen LogP) is 5.52. The molecule has 0 saturated heterocycles. The molecule has 0 radical (unpaired) electrons. The zero-order valence-corrected chi connectivity index (χ0v) is 16.8. The maximum absolute atomic E-state index is 12.8. The third kappa shape index (κ3) is 6.50. The number of halogens is 3. The van der Waals surface area contributed by atoms with Gasteiger partial charge in [-0.3, -0.25) is 19.7 Å². The summed E-state index contributed by atoms with van der Waals surface area (Å²) in [6.45, 7) is 0. The number of amides is 2. The second kappa shape index (κ2) is 9.77. The van der Waals surface area contributed by atoms with E-state index in [-0.39, 0.29) is 22.6 Å². The normalized spacial score (nSPS) is 11.2. The van der Waals surface area contributed by atoms with Gasteiger partial charge in [0, 0.05) is 35.1 Å². The van der Waals surface area contributed by atoms with Crippen LogP contribution in [0.15, 0.2) is 78.9 Å². The first-order valence-electron chi connectivity index (χ1n) is 9.44. The van der Waals surface area contributed by atoms with Crippen LogP contribution in [-0.2, 0) is 11.0 Å². The van der Waals surface area contributed by atoms with Gasteiger partial charge < -0.3 is 10.6 Å². The summed E-state index contributed by atoms with van der Waals surface area (Å²) in [4.78, 5) is 34.9. The number of hydrogen-bond donors (Lipinski definition) is 2. The molecule has 0 aliphatic carbocycles. The van der Waals surface area contributed by atoms with Crippen LogP contribution in [0.5, 0.6) is 0 Å². The highest BCUT2D eigenvalue weighted by molar-refractivity contribution is 6.06. The summed E-state index contributed by atoms with van der Waals surface area (Å²) in [5.41, 5.74) is -0.181. The molecule has 0 atom stereocenters. The van der Waals surface area contributed by atoms with Crippen LogP contribution in [0.1, 0.15) is 21.5 Å². The number of nitrogens with one attached hydrogen (secondary N) is 2. The van der Waals surface area contributed by atoms with E-state index in [1.54, 1.807) is 6.07 Å². The van der Waals surface area contributed by atoms with Gasteiger partial charge in [-0.15, -0.1) is 0 Å². The van der Waals surface area contributed by atoms with Gasteiger partial charge in [0.1, 0.15) is 0 Å². The van der Waals surface area contributed by atoms with Crippen molar-refractivity contribution in [3.05, 3.63) is 106 Å². The van der Waals surface area contributed by atoms with Gasteiger partial charge in [0.2, 0.25) is 5.91 Å². The van der Waals surface area contributed by atoms with Crippen molar-refractivity contribution in [1.29, 1.82) is 0 Å². The Kier molecular flexibility index (Phi) is 6.87. The van der Waals surface area contributed by atoms with E-state index >= 15 is 0 Å². The summed E-state index contributed by atoms with van der Waals surface area (Å²) in [7, 11) is 0. The Morgan fingerprint density at radius 1 is 0.879 bits per heavy atom. The Bertz CT molecular complexity index is 1240. The number of carbonyl (C=O) groups excluding carboxylic acids is 2. The van der Waals surface area contributed by atoms with Crippen molar-refractivity contribution in [2.75, 3.05) is 10.6 Å². The van der Waals surface area contributed by atoms with Crippen LogP contribution in [0.4, 0.5) is 30.2 Å². The number of nitrogens with zero attached hydrogens (tertiary/aromatic N) is 1. The summed E-state index contributed by atoms with van der Waals surface area (Å²) in [5, 5.41) is 15.8. The predicted molar refractivity (Wildman–Crippen MR) is 117 cm³/mol. The van der Waals surface area contributed by atoms with E-state index < -0.39 is 28.5 Å². The number of rotatable bonds is 6. The van der Waals surface area contributed by atoms with Crippen LogP contribution in [0.2, 0.25) is 0 Å². The number of carbonyl (C=O) groups is 2. The second-order valence-electron chi connectivity index (χ2n) is 6.79. The Morgan fingerprint density at radius 3 is 2.24 bits per heavy atom. The molecule has 10 heteroatoms. The number of nitro groups is 1. The molecule has 0 unspecified atom stereocenters. The summed E-state index contributed by atoms with van der Waals surface area (Å²) in [6.07, 6.45) is -1.97. The van der Waals surface area contributed by atoms with Gasteiger partial charge in [-0.25, -0.2) is 0 Å². The molecule has 3 rings (SSSR count). The third-order valence-electron chi connectivity index (χ3n) is 4.35. The summed E-state index contributed by atoms with van der Waals surface area (Å²) < 4.78 is 38.5. The molecule has 33 heavy (non-hydrogen) atoms. The summed E-state index contributed by atoms with van der Waals surface area (Å²) in [6, 6.07) is 15.8. The van der Waals surface area contributed by atoms with E-state index in [1.807, 2.05) is 0 Å².